The molecule has 10 heteroatoms. The Balaban J connectivity index is 2.10. The van der Waals surface area contributed by atoms with Gasteiger partial charge in [0.1, 0.15) is 12.2 Å². The van der Waals surface area contributed by atoms with Crippen molar-refractivity contribution in [2.75, 3.05) is 6.54 Å². The van der Waals surface area contributed by atoms with Crippen LogP contribution in [0.4, 0.5) is 0 Å². The summed E-state index contributed by atoms with van der Waals surface area (Å²) < 4.78 is 16.5. The maximum atomic E-state index is 10.1. The number of azide groups is 2. The van der Waals surface area contributed by atoms with Gasteiger partial charge in [0.15, 0.2) is 12.1 Å². The van der Waals surface area contributed by atoms with E-state index in [9.17, 15) is 5.11 Å². The number of nitrogens with zero attached hydrogens (tertiary/aromatic N) is 6. The molecule has 0 saturated carbocycles. The van der Waals surface area contributed by atoms with Gasteiger partial charge in [-0.3, -0.25) is 0 Å². The maximum Gasteiger partial charge on any atom is 0.190 e. The number of ether oxygens (including phenoxy) is 3. The molecular formula is C9H14N6O4. The number of aliphatic hydroxyl groups is 1. The lowest BCUT2D eigenvalue weighted by Gasteiger charge is -2.25. The average molecular weight is 270 g/mol. The topological polar surface area (TPSA) is 145 Å². The first kappa shape index (κ1) is 13.9. The molecule has 2 saturated heterocycles. The Morgan fingerprint density at radius 3 is 2.63 bits per heavy atom. The van der Waals surface area contributed by atoms with E-state index >= 15 is 0 Å². The summed E-state index contributed by atoms with van der Waals surface area (Å²) in [6.45, 7) is 3.31. The minimum atomic E-state index is -1.02. The smallest absolute Gasteiger partial charge is 0.190 e. The lowest BCUT2D eigenvalue weighted by atomic mass is 10.0. The van der Waals surface area contributed by atoms with Crippen molar-refractivity contribution in [1.29, 1.82) is 0 Å². The molecule has 0 unspecified atom stereocenters. The third-order valence-corrected chi connectivity index (χ3v) is 2.96. The molecule has 2 heterocycles. The molecular weight excluding hydrogens is 256 g/mol. The minimum Gasteiger partial charge on any atom is -0.387 e. The zero-order chi connectivity index (χ0) is 14.0. The average Bonchev–Trinajstić information content (AvgIpc) is 2.79. The Hall–Kier alpha value is -1.54. The first-order valence-electron chi connectivity index (χ1n) is 5.73. The van der Waals surface area contributed by atoms with E-state index < -0.39 is 36.4 Å². The second-order valence-electron chi connectivity index (χ2n) is 4.75. The van der Waals surface area contributed by atoms with Gasteiger partial charge < -0.3 is 19.3 Å². The molecule has 0 aromatic carbocycles. The molecule has 2 rings (SSSR count). The normalized spacial score (nSPS) is 37.0. The third-order valence-electron chi connectivity index (χ3n) is 2.96. The highest BCUT2D eigenvalue weighted by atomic mass is 16.8. The summed E-state index contributed by atoms with van der Waals surface area (Å²) in [4.78, 5) is 5.25. The van der Waals surface area contributed by atoms with Crippen molar-refractivity contribution in [3.05, 3.63) is 20.9 Å². The van der Waals surface area contributed by atoms with Crippen LogP contribution in [0.25, 0.3) is 20.9 Å². The zero-order valence-electron chi connectivity index (χ0n) is 10.4. The second kappa shape index (κ2) is 5.22. The quantitative estimate of drug-likeness (QED) is 0.464. The van der Waals surface area contributed by atoms with Gasteiger partial charge in [-0.2, -0.15) is 0 Å². The zero-order valence-corrected chi connectivity index (χ0v) is 10.4. The summed E-state index contributed by atoms with van der Waals surface area (Å²) >= 11 is 0. The van der Waals surface area contributed by atoms with Crippen LogP contribution in [-0.4, -0.2) is 48.1 Å². The van der Waals surface area contributed by atoms with E-state index in [-0.39, 0.29) is 6.54 Å². The first-order chi connectivity index (χ1) is 8.98. The molecule has 2 aliphatic rings. The van der Waals surface area contributed by atoms with E-state index in [4.69, 9.17) is 25.3 Å². The van der Waals surface area contributed by atoms with E-state index in [1.807, 2.05) is 0 Å². The number of hydrogen-bond donors (Lipinski definition) is 1. The van der Waals surface area contributed by atoms with Crippen LogP contribution >= 0.6 is 0 Å². The summed E-state index contributed by atoms with van der Waals surface area (Å²) in [7, 11) is 0. The predicted octanol–water partition coefficient (Wildman–Crippen LogP) is 1.21. The molecule has 0 radical (unpaired) electrons. The summed E-state index contributed by atoms with van der Waals surface area (Å²) in [5, 5.41) is 17.0. The Bertz CT molecular complexity index is 444. The minimum absolute atomic E-state index is 0.106. The van der Waals surface area contributed by atoms with E-state index in [1.54, 1.807) is 13.8 Å². The molecule has 10 nitrogen and oxygen atoms in total. The van der Waals surface area contributed by atoms with Crippen molar-refractivity contribution in [2.45, 2.75) is 50.3 Å². The van der Waals surface area contributed by atoms with Gasteiger partial charge in [-0.1, -0.05) is 10.2 Å². The molecule has 1 N–H and O–H groups in total. The van der Waals surface area contributed by atoms with Crippen molar-refractivity contribution < 1.29 is 19.3 Å². The highest BCUT2D eigenvalue weighted by Crippen LogP contribution is 2.38. The molecule has 2 fully saturated rings. The Morgan fingerprint density at radius 2 is 2.05 bits per heavy atom. The van der Waals surface area contributed by atoms with Crippen LogP contribution in [0.5, 0.6) is 0 Å². The van der Waals surface area contributed by atoms with E-state index in [1.165, 1.54) is 0 Å². The molecule has 5 atom stereocenters. The standard InChI is InChI=1S/C9H14N6O4/c1-9(2)18-7-5(16)6(17-8(7)19-9)4(13-15-11)3-12-14-10/h4-8,16H,3H2,1-2H3/t4-,5+,6-,7-,8-/m1/s1. The predicted molar refractivity (Wildman–Crippen MR) is 61.7 cm³/mol. The fourth-order valence-corrected chi connectivity index (χ4v) is 2.23. The monoisotopic (exact) mass is 270 g/mol. The van der Waals surface area contributed by atoms with Crippen LogP contribution < -0.4 is 0 Å². The van der Waals surface area contributed by atoms with Crippen molar-refractivity contribution in [3.8, 4) is 0 Å². The summed E-state index contributed by atoms with van der Waals surface area (Å²) in [5.74, 6) is -0.833. The largest absolute Gasteiger partial charge is 0.387 e. The molecule has 19 heavy (non-hydrogen) atoms. The van der Waals surface area contributed by atoms with Crippen molar-refractivity contribution in [1.82, 2.24) is 0 Å². The molecule has 0 aliphatic carbocycles. The Morgan fingerprint density at radius 1 is 1.32 bits per heavy atom. The lowest BCUT2D eigenvalue weighted by molar-refractivity contribution is -0.216. The highest BCUT2D eigenvalue weighted by Gasteiger charge is 2.55. The molecule has 0 aromatic heterocycles. The lowest BCUT2D eigenvalue weighted by Crippen LogP contribution is -2.41. The van der Waals surface area contributed by atoms with Crippen LogP contribution in [0, 0.1) is 0 Å². The first-order valence-corrected chi connectivity index (χ1v) is 5.73. The number of hydrogen-bond acceptors (Lipinski definition) is 6. The van der Waals surface area contributed by atoms with Gasteiger partial charge >= 0.3 is 0 Å². The van der Waals surface area contributed by atoms with Crippen LogP contribution in [0.15, 0.2) is 10.2 Å². The van der Waals surface area contributed by atoms with Gasteiger partial charge in [0, 0.05) is 16.4 Å². The fraction of sp³-hybridized carbons (Fsp3) is 1.00. The van der Waals surface area contributed by atoms with Crippen molar-refractivity contribution >= 4 is 0 Å². The Kier molecular flexibility index (Phi) is 3.81. The van der Waals surface area contributed by atoms with E-state index in [2.05, 4.69) is 20.1 Å². The van der Waals surface area contributed by atoms with Crippen LogP contribution in [0.1, 0.15) is 13.8 Å². The summed E-state index contributed by atoms with van der Waals surface area (Å²) in [5.41, 5.74) is 16.8. The maximum absolute atomic E-state index is 10.1. The molecule has 104 valence electrons. The van der Waals surface area contributed by atoms with Gasteiger partial charge in [-0.25, -0.2) is 0 Å². The van der Waals surface area contributed by atoms with Crippen LogP contribution in [0.2, 0.25) is 0 Å². The van der Waals surface area contributed by atoms with E-state index in [0.29, 0.717) is 0 Å². The second-order valence-corrected chi connectivity index (χ2v) is 4.75. The number of fused-ring (bicyclic) bond motifs is 1. The van der Waals surface area contributed by atoms with Crippen molar-refractivity contribution in [2.24, 2.45) is 10.2 Å². The van der Waals surface area contributed by atoms with Crippen LogP contribution in [0.3, 0.4) is 0 Å². The fourth-order valence-electron chi connectivity index (χ4n) is 2.23. The molecule has 0 aromatic rings. The molecule has 2 aliphatic heterocycles. The highest BCUT2D eigenvalue weighted by molar-refractivity contribution is 4.98. The van der Waals surface area contributed by atoms with Crippen molar-refractivity contribution in [3.63, 3.8) is 0 Å². The summed E-state index contributed by atoms with van der Waals surface area (Å²) in [6.07, 6.45) is -3.22. The van der Waals surface area contributed by atoms with Gasteiger partial charge in [-0.15, -0.1) is 0 Å². The third kappa shape index (κ3) is 2.74. The van der Waals surface area contributed by atoms with Gasteiger partial charge in [0.05, 0.1) is 12.1 Å². The van der Waals surface area contributed by atoms with Gasteiger partial charge in [-0.05, 0) is 24.9 Å². The molecule has 0 amide bonds. The van der Waals surface area contributed by atoms with E-state index in [0.717, 1.165) is 0 Å². The Labute approximate surface area is 108 Å². The summed E-state index contributed by atoms with van der Waals surface area (Å²) in [6, 6.07) is -0.809. The molecule has 0 spiro atoms. The van der Waals surface area contributed by atoms with Gasteiger partial charge in [0.25, 0.3) is 0 Å². The molecule has 0 bridgehead atoms. The number of aliphatic hydroxyl groups excluding tert-OH is 1. The number of rotatable bonds is 4. The van der Waals surface area contributed by atoms with Crippen LogP contribution in [-0.2, 0) is 14.2 Å². The SMILES string of the molecule is CC1(C)O[C@H]2O[C@H]([C@@H](CN=[N+]=[N-])N=[N+]=[N-])[C@H](O)[C@H]2O1. The van der Waals surface area contributed by atoms with Gasteiger partial charge in [0.2, 0.25) is 0 Å².